The number of ketones is 2. The van der Waals surface area contributed by atoms with Crippen molar-refractivity contribution in [2.75, 3.05) is 0 Å². The average molecular weight is 419 g/mol. The van der Waals surface area contributed by atoms with Crippen LogP contribution in [-0.4, -0.2) is 11.6 Å². The molecule has 3 aliphatic carbocycles. The van der Waals surface area contributed by atoms with Gasteiger partial charge in [0.05, 0.1) is 11.3 Å². The fraction of sp³-hybridized carbons (Fsp3) is 0.267. The second kappa shape index (κ2) is 6.16. The number of carbonyl (C=O) groups is 2. The van der Waals surface area contributed by atoms with Gasteiger partial charge >= 0.3 is 0 Å². The van der Waals surface area contributed by atoms with Gasteiger partial charge in [0.25, 0.3) is 0 Å². The van der Waals surface area contributed by atoms with E-state index in [1.165, 1.54) is 5.56 Å². The number of carbonyl (C=O) groups excluding carboxylic acids is 2. The summed E-state index contributed by atoms with van der Waals surface area (Å²) in [5, 5.41) is 0. The molecule has 3 aromatic carbocycles. The van der Waals surface area contributed by atoms with E-state index in [4.69, 9.17) is 0 Å². The third-order valence-corrected chi connectivity index (χ3v) is 8.82. The van der Waals surface area contributed by atoms with Crippen LogP contribution < -0.4 is 0 Å². The van der Waals surface area contributed by atoms with Crippen molar-refractivity contribution >= 4 is 11.6 Å². The Bertz CT molecular complexity index is 1300. The molecule has 6 rings (SSSR count). The van der Waals surface area contributed by atoms with Crippen LogP contribution in [0.4, 0.5) is 0 Å². The van der Waals surface area contributed by atoms with Crippen LogP contribution in [0, 0.1) is 11.3 Å². The molecular weight excluding hydrogens is 392 g/mol. The normalized spacial score (nSPS) is 34.8. The summed E-state index contributed by atoms with van der Waals surface area (Å²) in [6.07, 6.45) is 1.83. The third-order valence-electron chi connectivity index (χ3n) is 8.82. The van der Waals surface area contributed by atoms with Crippen LogP contribution in [0.2, 0.25) is 0 Å². The van der Waals surface area contributed by atoms with E-state index in [1.807, 2.05) is 43.3 Å². The van der Waals surface area contributed by atoms with E-state index in [0.717, 1.165) is 22.3 Å². The molecule has 0 aliphatic heterocycles. The van der Waals surface area contributed by atoms with Crippen LogP contribution in [0.5, 0.6) is 0 Å². The lowest BCUT2D eigenvalue weighted by Crippen LogP contribution is -2.61. The maximum absolute atomic E-state index is 14.5. The lowest BCUT2D eigenvalue weighted by molar-refractivity contribution is -0.129. The van der Waals surface area contributed by atoms with Crippen LogP contribution in [0.25, 0.3) is 0 Å². The molecule has 2 heteroatoms. The maximum atomic E-state index is 14.5. The Kier molecular flexibility index (Phi) is 3.74. The Morgan fingerprint density at radius 2 is 1.28 bits per heavy atom. The molecule has 0 amide bonds. The zero-order valence-electron chi connectivity index (χ0n) is 18.6. The molecule has 2 nitrogen and oxygen atoms in total. The number of rotatable bonds is 2. The van der Waals surface area contributed by atoms with Gasteiger partial charge in [0.1, 0.15) is 0 Å². The van der Waals surface area contributed by atoms with Gasteiger partial charge in [0.15, 0.2) is 11.6 Å². The first kappa shape index (κ1) is 19.4. The van der Waals surface area contributed by atoms with Gasteiger partial charge < -0.3 is 0 Å². The van der Waals surface area contributed by atoms with Crippen molar-refractivity contribution < 1.29 is 9.59 Å². The topological polar surface area (TPSA) is 34.1 Å². The monoisotopic (exact) mass is 418 g/mol. The van der Waals surface area contributed by atoms with Crippen molar-refractivity contribution in [2.24, 2.45) is 11.3 Å². The number of fused-ring (bicyclic) bond motifs is 3. The highest BCUT2D eigenvalue weighted by Crippen LogP contribution is 2.75. The summed E-state index contributed by atoms with van der Waals surface area (Å²) < 4.78 is 0. The summed E-state index contributed by atoms with van der Waals surface area (Å²) in [7, 11) is 0. The molecule has 0 heterocycles. The summed E-state index contributed by atoms with van der Waals surface area (Å²) in [6.45, 7) is 6.30. The predicted octanol–water partition coefficient (Wildman–Crippen LogP) is 5.76. The van der Waals surface area contributed by atoms with E-state index in [0.29, 0.717) is 0 Å². The van der Waals surface area contributed by atoms with E-state index < -0.39 is 22.2 Å². The second-order valence-electron chi connectivity index (χ2n) is 10.0. The quantitative estimate of drug-likeness (QED) is 0.530. The van der Waals surface area contributed by atoms with Crippen molar-refractivity contribution in [3.05, 3.63) is 119 Å². The Balaban J connectivity index is 1.84. The van der Waals surface area contributed by atoms with E-state index in [-0.39, 0.29) is 17.5 Å². The molecule has 1 fully saturated rings. The van der Waals surface area contributed by atoms with Gasteiger partial charge in [-0.05, 0) is 42.2 Å². The van der Waals surface area contributed by atoms with E-state index in [9.17, 15) is 9.59 Å². The van der Waals surface area contributed by atoms with Crippen LogP contribution >= 0.6 is 0 Å². The molecule has 1 saturated carbocycles. The van der Waals surface area contributed by atoms with Gasteiger partial charge in [-0.2, -0.15) is 0 Å². The van der Waals surface area contributed by atoms with Crippen molar-refractivity contribution in [3.63, 3.8) is 0 Å². The minimum atomic E-state index is -0.849. The summed E-state index contributed by atoms with van der Waals surface area (Å²) in [5.41, 5.74) is 3.33. The van der Waals surface area contributed by atoms with E-state index in [2.05, 4.69) is 68.4 Å². The first-order valence-electron chi connectivity index (χ1n) is 11.4. The van der Waals surface area contributed by atoms with Gasteiger partial charge in [-0.1, -0.05) is 97.4 Å². The SMILES string of the molecule is CC1=CC(=O)[C@@H]2[C@]3(C)[C@H](c4ccccc4)C(=O)[C@]2(C)c2ccccc2[C@@]13c1ccccc1. The highest BCUT2D eigenvalue weighted by atomic mass is 16.1. The lowest BCUT2D eigenvalue weighted by Gasteiger charge is -2.60. The Morgan fingerprint density at radius 3 is 1.94 bits per heavy atom. The molecular formula is C30H26O2. The zero-order chi connectivity index (χ0) is 22.3. The van der Waals surface area contributed by atoms with Gasteiger partial charge in [-0.15, -0.1) is 0 Å². The number of hydrogen-bond acceptors (Lipinski definition) is 2. The van der Waals surface area contributed by atoms with E-state index in [1.54, 1.807) is 0 Å². The molecule has 3 aromatic rings. The first-order chi connectivity index (χ1) is 15.4. The summed E-state index contributed by atoms with van der Waals surface area (Å²) in [4.78, 5) is 28.2. The van der Waals surface area contributed by atoms with Crippen LogP contribution in [0.15, 0.2) is 96.6 Å². The fourth-order valence-corrected chi connectivity index (χ4v) is 7.90. The highest BCUT2D eigenvalue weighted by Gasteiger charge is 2.78. The molecule has 5 atom stereocenters. The molecule has 0 N–H and O–H groups in total. The Morgan fingerprint density at radius 1 is 0.719 bits per heavy atom. The minimum absolute atomic E-state index is 0.0836. The fourth-order valence-electron chi connectivity index (χ4n) is 7.90. The Labute approximate surface area is 189 Å². The molecule has 32 heavy (non-hydrogen) atoms. The summed E-state index contributed by atoms with van der Waals surface area (Å²) in [6, 6.07) is 28.9. The molecule has 0 radical (unpaired) electrons. The van der Waals surface area contributed by atoms with Crippen LogP contribution in [-0.2, 0) is 20.4 Å². The smallest absolute Gasteiger partial charge is 0.160 e. The molecule has 4 bridgehead atoms. The Hall–Kier alpha value is -3.26. The number of allylic oxidation sites excluding steroid dienone is 2. The van der Waals surface area contributed by atoms with Gasteiger partial charge in [-0.3, -0.25) is 9.59 Å². The first-order valence-corrected chi connectivity index (χ1v) is 11.4. The third kappa shape index (κ3) is 1.89. The van der Waals surface area contributed by atoms with Gasteiger partial charge in [0.2, 0.25) is 0 Å². The standard InChI is InChI=1S/C30H26O2/c1-19-18-24(31)26-28(2)22-16-10-11-17-23(22)30(19,21-14-8-5-9-15-21)29(26,3)25(27(28)32)20-12-6-4-7-13-20/h4-18,25-26H,1-3H3/t25-,26+,28-,29+,30+/m1/s1. The molecule has 0 spiro atoms. The minimum Gasteiger partial charge on any atom is -0.298 e. The van der Waals surface area contributed by atoms with Gasteiger partial charge in [0, 0.05) is 16.7 Å². The highest BCUT2D eigenvalue weighted by molar-refractivity contribution is 6.11. The molecule has 0 saturated heterocycles. The van der Waals surface area contributed by atoms with Crippen molar-refractivity contribution in [1.29, 1.82) is 0 Å². The molecule has 158 valence electrons. The van der Waals surface area contributed by atoms with Crippen LogP contribution in [0.3, 0.4) is 0 Å². The van der Waals surface area contributed by atoms with Crippen molar-refractivity contribution in [3.8, 4) is 0 Å². The van der Waals surface area contributed by atoms with Crippen molar-refractivity contribution in [2.45, 2.75) is 37.5 Å². The molecule has 3 aliphatic rings. The zero-order valence-corrected chi connectivity index (χ0v) is 18.6. The number of Topliss-reactive ketones (excluding diaryl/α,β-unsaturated/α-hetero) is 1. The maximum Gasteiger partial charge on any atom is 0.160 e. The second-order valence-corrected chi connectivity index (χ2v) is 10.0. The van der Waals surface area contributed by atoms with Gasteiger partial charge in [-0.25, -0.2) is 0 Å². The molecule has 0 aromatic heterocycles. The lowest BCUT2D eigenvalue weighted by atomic mass is 9.40. The molecule has 0 unspecified atom stereocenters. The predicted molar refractivity (Wildman–Crippen MR) is 126 cm³/mol. The average Bonchev–Trinajstić information content (AvgIpc) is 2.96. The largest absolute Gasteiger partial charge is 0.298 e. The summed E-state index contributed by atoms with van der Waals surface area (Å²) >= 11 is 0. The number of benzene rings is 3. The number of hydrogen-bond donors (Lipinski definition) is 0. The van der Waals surface area contributed by atoms with Crippen molar-refractivity contribution in [1.82, 2.24) is 0 Å². The summed E-state index contributed by atoms with van der Waals surface area (Å²) in [5.74, 6) is -0.538. The van der Waals surface area contributed by atoms with E-state index >= 15 is 0 Å². The van der Waals surface area contributed by atoms with Crippen LogP contribution in [0.1, 0.15) is 48.9 Å².